The number of alkyl halides is 3. The molecule has 5 heteroatoms. The maximum Gasteiger partial charge on any atom is 0.432 e. The van der Waals surface area contributed by atoms with Gasteiger partial charge in [0.25, 0.3) is 0 Å². The molecule has 1 unspecified atom stereocenters. The standard InChI is InChI=1S/C14H13F3O2/c1-2-19-11-10-13(18,14(15,16)17)9-8-12-6-4-3-5-7-12/h3-7,10-11,18H,2H2,1H3/b11-10+. The molecule has 0 aliphatic heterocycles. The van der Waals surface area contributed by atoms with Gasteiger partial charge in [-0.1, -0.05) is 24.1 Å². The molecule has 0 amide bonds. The summed E-state index contributed by atoms with van der Waals surface area (Å²) in [4.78, 5) is 0. The second-order valence-electron chi connectivity index (χ2n) is 3.64. The van der Waals surface area contributed by atoms with Crippen LogP contribution in [-0.2, 0) is 4.74 Å². The van der Waals surface area contributed by atoms with E-state index in [0.29, 0.717) is 11.6 Å². The lowest BCUT2D eigenvalue weighted by molar-refractivity contribution is -0.217. The van der Waals surface area contributed by atoms with E-state index in [0.717, 1.165) is 6.26 Å². The number of hydrogen-bond acceptors (Lipinski definition) is 2. The van der Waals surface area contributed by atoms with Gasteiger partial charge >= 0.3 is 6.18 Å². The van der Waals surface area contributed by atoms with E-state index in [1.165, 1.54) is 0 Å². The van der Waals surface area contributed by atoms with E-state index >= 15 is 0 Å². The highest BCUT2D eigenvalue weighted by Gasteiger charge is 2.51. The number of hydrogen-bond donors (Lipinski definition) is 1. The molecular weight excluding hydrogens is 257 g/mol. The smallest absolute Gasteiger partial charge is 0.432 e. The lowest BCUT2D eigenvalue weighted by Gasteiger charge is -2.21. The van der Waals surface area contributed by atoms with Crippen molar-refractivity contribution in [2.45, 2.75) is 18.7 Å². The van der Waals surface area contributed by atoms with Crippen LogP contribution in [0.3, 0.4) is 0 Å². The molecule has 1 rings (SSSR count). The topological polar surface area (TPSA) is 29.5 Å². The first-order valence-corrected chi connectivity index (χ1v) is 5.55. The first kappa shape index (κ1) is 15.1. The number of rotatable bonds is 3. The van der Waals surface area contributed by atoms with Crippen molar-refractivity contribution in [3.63, 3.8) is 0 Å². The fourth-order valence-corrected chi connectivity index (χ4v) is 1.14. The molecule has 19 heavy (non-hydrogen) atoms. The van der Waals surface area contributed by atoms with Crippen LogP contribution in [0, 0.1) is 11.8 Å². The molecule has 0 fully saturated rings. The quantitative estimate of drug-likeness (QED) is 0.676. The highest BCUT2D eigenvalue weighted by atomic mass is 19.4. The van der Waals surface area contributed by atoms with Gasteiger partial charge in [0.05, 0.1) is 12.9 Å². The zero-order valence-corrected chi connectivity index (χ0v) is 10.2. The van der Waals surface area contributed by atoms with Crippen LogP contribution in [0.25, 0.3) is 0 Å². The molecule has 1 aromatic rings. The van der Waals surface area contributed by atoms with Crippen molar-refractivity contribution in [2.75, 3.05) is 6.61 Å². The predicted octanol–water partition coefficient (Wildman–Crippen LogP) is 2.88. The van der Waals surface area contributed by atoms with E-state index in [1.807, 2.05) is 5.92 Å². The van der Waals surface area contributed by atoms with Crippen LogP contribution < -0.4 is 0 Å². The molecule has 102 valence electrons. The number of ether oxygens (including phenoxy) is 1. The zero-order chi connectivity index (χ0) is 14.4. The lowest BCUT2D eigenvalue weighted by Crippen LogP contribution is -2.42. The number of benzene rings is 1. The molecule has 0 spiro atoms. The van der Waals surface area contributed by atoms with Crippen molar-refractivity contribution in [2.24, 2.45) is 0 Å². The Morgan fingerprint density at radius 2 is 1.89 bits per heavy atom. The number of halogens is 3. The molecule has 1 N–H and O–H groups in total. The molecule has 0 aliphatic carbocycles. The normalized spacial score (nSPS) is 14.6. The maximum absolute atomic E-state index is 12.8. The molecule has 0 aliphatic rings. The maximum atomic E-state index is 12.8. The van der Waals surface area contributed by atoms with E-state index in [1.54, 1.807) is 37.3 Å². The molecule has 0 saturated heterocycles. The summed E-state index contributed by atoms with van der Waals surface area (Å²) in [5.74, 6) is 4.12. The van der Waals surface area contributed by atoms with Gasteiger partial charge in [0.1, 0.15) is 0 Å². The van der Waals surface area contributed by atoms with Gasteiger partial charge in [-0.2, -0.15) is 13.2 Å². The Morgan fingerprint density at radius 3 is 2.42 bits per heavy atom. The highest BCUT2D eigenvalue weighted by Crippen LogP contribution is 2.31. The van der Waals surface area contributed by atoms with Crippen LogP contribution >= 0.6 is 0 Å². The summed E-state index contributed by atoms with van der Waals surface area (Å²) in [6.07, 6.45) is -3.61. The van der Waals surface area contributed by atoms with E-state index in [4.69, 9.17) is 0 Å². The second-order valence-corrected chi connectivity index (χ2v) is 3.64. The van der Waals surface area contributed by atoms with Gasteiger partial charge in [0, 0.05) is 11.6 Å². The predicted molar refractivity (Wildman–Crippen MR) is 65.1 cm³/mol. The molecule has 0 saturated carbocycles. The van der Waals surface area contributed by atoms with E-state index in [-0.39, 0.29) is 6.61 Å². The SMILES string of the molecule is CCO/C=C/C(O)(C#Cc1ccccc1)C(F)(F)F. The van der Waals surface area contributed by atoms with E-state index < -0.39 is 11.8 Å². The first-order chi connectivity index (χ1) is 8.89. The average molecular weight is 270 g/mol. The minimum Gasteiger partial charge on any atom is -0.502 e. The third-order valence-corrected chi connectivity index (χ3v) is 2.18. The summed E-state index contributed by atoms with van der Waals surface area (Å²) in [5.41, 5.74) is -2.84. The van der Waals surface area contributed by atoms with Crippen molar-refractivity contribution < 1.29 is 23.0 Å². The second kappa shape index (κ2) is 6.30. The van der Waals surface area contributed by atoms with Crippen molar-refractivity contribution in [1.29, 1.82) is 0 Å². The van der Waals surface area contributed by atoms with Crippen molar-refractivity contribution in [3.05, 3.63) is 48.2 Å². The Bertz CT molecular complexity index is 483. The van der Waals surface area contributed by atoms with Crippen molar-refractivity contribution >= 4 is 0 Å². The van der Waals surface area contributed by atoms with E-state index in [2.05, 4.69) is 10.7 Å². The third-order valence-electron chi connectivity index (χ3n) is 2.18. The highest BCUT2D eigenvalue weighted by molar-refractivity contribution is 5.38. The Labute approximate surface area is 109 Å². The minimum absolute atomic E-state index is 0.205. The summed E-state index contributed by atoms with van der Waals surface area (Å²) >= 11 is 0. The monoisotopic (exact) mass is 270 g/mol. The van der Waals surface area contributed by atoms with Crippen LogP contribution in [-0.4, -0.2) is 23.5 Å². The lowest BCUT2D eigenvalue weighted by atomic mass is 10.0. The van der Waals surface area contributed by atoms with Crippen LogP contribution in [0.1, 0.15) is 12.5 Å². The van der Waals surface area contributed by atoms with Crippen molar-refractivity contribution in [3.8, 4) is 11.8 Å². The van der Waals surface area contributed by atoms with Crippen molar-refractivity contribution in [1.82, 2.24) is 0 Å². The van der Waals surface area contributed by atoms with Gasteiger partial charge < -0.3 is 9.84 Å². The summed E-state index contributed by atoms with van der Waals surface area (Å²) in [7, 11) is 0. The Hall–Kier alpha value is -1.93. The van der Waals surface area contributed by atoms with Gasteiger partial charge in [-0.3, -0.25) is 0 Å². The Balaban J connectivity index is 3.03. The molecule has 0 bridgehead atoms. The van der Waals surface area contributed by atoms with Gasteiger partial charge in [-0.05, 0) is 25.0 Å². The zero-order valence-electron chi connectivity index (χ0n) is 10.2. The third kappa shape index (κ3) is 4.34. The molecule has 0 heterocycles. The first-order valence-electron chi connectivity index (χ1n) is 5.55. The molecular formula is C14H13F3O2. The molecule has 0 radical (unpaired) electrons. The molecule has 1 atom stereocenters. The Morgan fingerprint density at radius 1 is 1.26 bits per heavy atom. The minimum atomic E-state index is -4.90. The fraction of sp³-hybridized carbons (Fsp3) is 0.286. The summed E-state index contributed by atoms with van der Waals surface area (Å²) in [6.45, 7) is 1.82. The summed E-state index contributed by atoms with van der Waals surface area (Å²) in [5, 5.41) is 9.57. The van der Waals surface area contributed by atoms with Crippen LogP contribution in [0.5, 0.6) is 0 Å². The van der Waals surface area contributed by atoms with Gasteiger partial charge in [0.2, 0.25) is 5.60 Å². The summed E-state index contributed by atoms with van der Waals surface area (Å²) in [6, 6.07) is 8.11. The molecule has 0 aromatic heterocycles. The molecule has 2 nitrogen and oxygen atoms in total. The molecule has 1 aromatic carbocycles. The van der Waals surface area contributed by atoms with Crippen LogP contribution in [0.2, 0.25) is 0 Å². The average Bonchev–Trinajstić information content (AvgIpc) is 2.37. The largest absolute Gasteiger partial charge is 0.502 e. The number of aliphatic hydroxyl groups is 1. The van der Waals surface area contributed by atoms with Gasteiger partial charge in [-0.25, -0.2) is 0 Å². The fourth-order valence-electron chi connectivity index (χ4n) is 1.14. The summed E-state index contributed by atoms with van der Waals surface area (Å²) < 4.78 is 43.0. The van der Waals surface area contributed by atoms with Gasteiger partial charge in [-0.15, -0.1) is 0 Å². The Kier molecular flexibility index (Phi) is 5.02. The van der Waals surface area contributed by atoms with Crippen LogP contribution in [0.4, 0.5) is 13.2 Å². The van der Waals surface area contributed by atoms with E-state index in [9.17, 15) is 18.3 Å². The van der Waals surface area contributed by atoms with Gasteiger partial charge in [0.15, 0.2) is 0 Å². The van der Waals surface area contributed by atoms with Crippen LogP contribution in [0.15, 0.2) is 42.7 Å².